The van der Waals surface area contributed by atoms with Gasteiger partial charge in [0, 0.05) is 6.54 Å². The van der Waals surface area contributed by atoms with E-state index in [1.807, 2.05) is 13.0 Å². The van der Waals surface area contributed by atoms with Crippen LogP contribution in [0.1, 0.15) is 23.6 Å². The molecule has 1 atom stereocenters. The number of carbonyl (C=O) groups is 1. The maximum Gasteiger partial charge on any atom is 0.320 e. The Morgan fingerprint density at radius 3 is 2.81 bits per heavy atom. The lowest BCUT2D eigenvalue weighted by atomic mass is 10.1. The molecule has 0 heterocycles. The number of aryl methyl sites for hydroxylation is 1. The monoisotopic (exact) mass is 218 g/mol. The van der Waals surface area contributed by atoms with Crippen LogP contribution in [0.3, 0.4) is 0 Å². The molecule has 1 aromatic carbocycles. The second kappa shape index (κ2) is 5.29. The van der Waals surface area contributed by atoms with E-state index in [1.54, 1.807) is 19.1 Å². The molecule has 0 saturated carbocycles. The maximum atomic E-state index is 10.6. The van der Waals surface area contributed by atoms with Gasteiger partial charge >= 0.3 is 5.97 Å². The lowest BCUT2D eigenvalue weighted by molar-refractivity contribution is -0.139. The van der Waals surface area contributed by atoms with Gasteiger partial charge in [-0.05, 0) is 37.1 Å². The topological polar surface area (TPSA) is 73.1 Å². The van der Waals surface area contributed by atoms with Crippen molar-refractivity contribution in [1.29, 1.82) is 5.26 Å². The Bertz CT molecular complexity index is 435. The van der Waals surface area contributed by atoms with Crippen LogP contribution >= 0.6 is 0 Å². The maximum absolute atomic E-state index is 10.6. The number of nitrogens with one attached hydrogen (secondary N) is 1. The van der Waals surface area contributed by atoms with Gasteiger partial charge in [-0.3, -0.25) is 4.79 Å². The van der Waals surface area contributed by atoms with E-state index < -0.39 is 12.0 Å². The summed E-state index contributed by atoms with van der Waals surface area (Å²) in [6, 6.07) is 6.86. The van der Waals surface area contributed by atoms with Crippen LogP contribution in [-0.2, 0) is 11.3 Å². The zero-order chi connectivity index (χ0) is 12.1. The number of carboxylic acid groups (broad SMARTS) is 1. The molecule has 1 unspecified atom stereocenters. The van der Waals surface area contributed by atoms with E-state index in [9.17, 15) is 4.79 Å². The van der Waals surface area contributed by atoms with Gasteiger partial charge in [-0.1, -0.05) is 6.07 Å². The Labute approximate surface area is 94.5 Å². The van der Waals surface area contributed by atoms with Gasteiger partial charge < -0.3 is 10.4 Å². The molecule has 0 amide bonds. The van der Waals surface area contributed by atoms with Crippen LogP contribution in [-0.4, -0.2) is 17.1 Å². The van der Waals surface area contributed by atoms with Crippen LogP contribution in [0.5, 0.6) is 0 Å². The van der Waals surface area contributed by atoms with Crippen molar-refractivity contribution in [2.75, 3.05) is 0 Å². The smallest absolute Gasteiger partial charge is 0.320 e. The van der Waals surface area contributed by atoms with Crippen LogP contribution < -0.4 is 5.32 Å². The predicted octanol–water partition coefficient (Wildman–Crippen LogP) is 1.43. The first-order valence-electron chi connectivity index (χ1n) is 5.00. The third kappa shape index (κ3) is 3.07. The highest BCUT2D eigenvalue weighted by molar-refractivity contribution is 5.72. The fraction of sp³-hybridized carbons (Fsp3) is 0.333. The summed E-state index contributed by atoms with van der Waals surface area (Å²) in [4.78, 5) is 10.6. The summed E-state index contributed by atoms with van der Waals surface area (Å²) in [7, 11) is 0. The SMILES string of the molecule is Cc1cc(C#N)ccc1CNC(C)C(=O)O. The lowest BCUT2D eigenvalue weighted by Crippen LogP contribution is -2.33. The number of hydrogen-bond acceptors (Lipinski definition) is 3. The highest BCUT2D eigenvalue weighted by atomic mass is 16.4. The van der Waals surface area contributed by atoms with E-state index in [2.05, 4.69) is 11.4 Å². The molecule has 1 rings (SSSR count). The molecule has 4 heteroatoms. The van der Waals surface area contributed by atoms with Gasteiger partial charge in [-0.25, -0.2) is 0 Å². The number of aliphatic carboxylic acids is 1. The molecule has 16 heavy (non-hydrogen) atoms. The van der Waals surface area contributed by atoms with Gasteiger partial charge in [-0.15, -0.1) is 0 Å². The Morgan fingerprint density at radius 1 is 1.62 bits per heavy atom. The van der Waals surface area contributed by atoms with Crippen LogP contribution in [0.4, 0.5) is 0 Å². The minimum absolute atomic E-state index is 0.491. The number of benzene rings is 1. The molecule has 0 aliphatic rings. The molecule has 0 saturated heterocycles. The summed E-state index contributed by atoms with van der Waals surface area (Å²) in [5.74, 6) is -0.869. The lowest BCUT2D eigenvalue weighted by Gasteiger charge is -2.11. The van der Waals surface area contributed by atoms with Crippen molar-refractivity contribution in [3.05, 3.63) is 34.9 Å². The van der Waals surface area contributed by atoms with E-state index in [1.165, 1.54) is 0 Å². The second-order valence-electron chi connectivity index (χ2n) is 3.69. The number of nitrogens with zero attached hydrogens (tertiary/aromatic N) is 1. The van der Waals surface area contributed by atoms with Crippen molar-refractivity contribution in [2.24, 2.45) is 0 Å². The standard InChI is InChI=1S/C12H14N2O2/c1-8-5-10(6-13)3-4-11(8)7-14-9(2)12(15)16/h3-5,9,14H,7H2,1-2H3,(H,15,16). The number of nitriles is 1. The zero-order valence-electron chi connectivity index (χ0n) is 9.32. The molecule has 1 aromatic rings. The molecule has 0 spiro atoms. The first-order valence-corrected chi connectivity index (χ1v) is 5.00. The Balaban J connectivity index is 2.69. The molecule has 0 aliphatic carbocycles. The summed E-state index contributed by atoms with van der Waals surface area (Å²) >= 11 is 0. The van der Waals surface area contributed by atoms with Crippen LogP contribution in [0, 0.1) is 18.3 Å². The molecule has 0 aromatic heterocycles. The molecule has 0 radical (unpaired) electrons. The molecule has 0 aliphatic heterocycles. The third-order valence-corrected chi connectivity index (χ3v) is 2.44. The normalized spacial score (nSPS) is 11.8. The zero-order valence-corrected chi connectivity index (χ0v) is 9.32. The Kier molecular flexibility index (Phi) is 4.03. The average Bonchev–Trinajstić information content (AvgIpc) is 2.26. The van der Waals surface area contributed by atoms with Crippen molar-refractivity contribution in [3.63, 3.8) is 0 Å². The molecule has 2 N–H and O–H groups in total. The molecule has 84 valence electrons. The van der Waals surface area contributed by atoms with Gasteiger partial charge in [-0.2, -0.15) is 5.26 Å². The first kappa shape index (κ1) is 12.2. The minimum Gasteiger partial charge on any atom is -0.480 e. The summed E-state index contributed by atoms with van der Waals surface area (Å²) in [5.41, 5.74) is 2.61. The highest BCUT2D eigenvalue weighted by Crippen LogP contribution is 2.10. The molecular weight excluding hydrogens is 204 g/mol. The third-order valence-electron chi connectivity index (χ3n) is 2.44. The summed E-state index contributed by atoms with van der Waals surface area (Å²) < 4.78 is 0. The van der Waals surface area contributed by atoms with Crippen LogP contribution in [0.15, 0.2) is 18.2 Å². The van der Waals surface area contributed by atoms with E-state index in [-0.39, 0.29) is 0 Å². The summed E-state index contributed by atoms with van der Waals surface area (Å²) in [6.07, 6.45) is 0. The quantitative estimate of drug-likeness (QED) is 0.801. The number of hydrogen-bond donors (Lipinski definition) is 2. The van der Waals surface area contributed by atoms with Gasteiger partial charge in [0.2, 0.25) is 0 Å². The van der Waals surface area contributed by atoms with Crippen LogP contribution in [0.2, 0.25) is 0 Å². The van der Waals surface area contributed by atoms with E-state index >= 15 is 0 Å². The molecule has 0 fully saturated rings. The van der Waals surface area contributed by atoms with Gasteiger partial charge in [0.1, 0.15) is 6.04 Å². The Morgan fingerprint density at radius 2 is 2.31 bits per heavy atom. The number of rotatable bonds is 4. The predicted molar refractivity (Wildman–Crippen MR) is 59.8 cm³/mol. The average molecular weight is 218 g/mol. The fourth-order valence-corrected chi connectivity index (χ4v) is 1.31. The summed E-state index contributed by atoms with van der Waals surface area (Å²) in [6.45, 7) is 4.00. The first-order chi connectivity index (χ1) is 7.54. The second-order valence-corrected chi connectivity index (χ2v) is 3.69. The van der Waals surface area contributed by atoms with E-state index in [0.29, 0.717) is 12.1 Å². The van der Waals surface area contributed by atoms with Crippen molar-refractivity contribution < 1.29 is 9.90 Å². The molecule has 0 bridgehead atoms. The largest absolute Gasteiger partial charge is 0.480 e. The molecule has 4 nitrogen and oxygen atoms in total. The van der Waals surface area contributed by atoms with Crippen molar-refractivity contribution in [2.45, 2.75) is 26.4 Å². The fourth-order valence-electron chi connectivity index (χ4n) is 1.31. The van der Waals surface area contributed by atoms with Crippen LogP contribution in [0.25, 0.3) is 0 Å². The van der Waals surface area contributed by atoms with E-state index in [4.69, 9.17) is 10.4 Å². The van der Waals surface area contributed by atoms with Gasteiger partial charge in [0.25, 0.3) is 0 Å². The van der Waals surface area contributed by atoms with E-state index in [0.717, 1.165) is 11.1 Å². The Hall–Kier alpha value is -1.86. The van der Waals surface area contributed by atoms with Gasteiger partial charge in [0.15, 0.2) is 0 Å². The van der Waals surface area contributed by atoms with Crippen molar-refractivity contribution in [3.8, 4) is 6.07 Å². The number of carboxylic acids is 1. The van der Waals surface area contributed by atoms with Crippen molar-refractivity contribution in [1.82, 2.24) is 5.32 Å². The summed E-state index contributed by atoms with van der Waals surface area (Å²) in [5, 5.41) is 20.3. The minimum atomic E-state index is -0.869. The van der Waals surface area contributed by atoms with Crippen molar-refractivity contribution >= 4 is 5.97 Å². The highest BCUT2D eigenvalue weighted by Gasteiger charge is 2.09. The molecular formula is C12H14N2O2. The van der Waals surface area contributed by atoms with Gasteiger partial charge in [0.05, 0.1) is 11.6 Å².